The Bertz CT molecular complexity index is 1660. The van der Waals surface area contributed by atoms with Gasteiger partial charge in [-0.05, 0) is 92.3 Å². The van der Waals surface area contributed by atoms with Crippen LogP contribution in [0, 0.1) is 0 Å². The topological polar surface area (TPSA) is 113 Å². The maximum Gasteiger partial charge on any atom is 0.251 e. The first-order valence-corrected chi connectivity index (χ1v) is 15.7. The molecule has 4 aromatic rings. The van der Waals surface area contributed by atoms with Gasteiger partial charge in [0, 0.05) is 29.8 Å². The number of aryl methyl sites for hydroxylation is 1. The lowest BCUT2D eigenvalue weighted by Crippen LogP contribution is -2.50. The molecule has 0 saturated carbocycles. The van der Waals surface area contributed by atoms with Gasteiger partial charge in [-0.1, -0.05) is 42.5 Å². The lowest BCUT2D eigenvalue weighted by molar-refractivity contribution is -0.128. The van der Waals surface area contributed by atoms with E-state index in [4.69, 9.17) is 9.15 Å². The Balaban J connectivity index is 1.34. The van der Waals surface area contributed by atoms with Gasteiger partial charge in [0.2, 0.25) is 11.8 Å². The molecule has 0 aliphatic carbocycles. The summed E-state index contributed by atoms with van der Waals surface area (Å²) in [7, 11) is 1.62. The molecule has 1 aliphatic rings. The van der Waals surface area contributed by atoms with Crippen LogP contribution >= 0.6 is 0 Å². The first kappa shape index (κ1) is 32.5. The molecule has 0 bridgehead atoms. The fraction of sp³-hybridized carbons (Fsp3) is 0.324. The molecule has 0 spiro atoms. The largest absolute Gasteiger partial charge is 0.497 e. The number of furan rings is 1. The molecule has 0 fully saturated rings. The van der Waals surface area contributed by atoms with E-state index in [1.807, 2.05) is 99.6 Å². The predicted molar refractivity (Wildman–Crippen MR) is 179 cm³/mol. The number of benzene rings is 3. The van der Waals surface area contributed by atoms with Crippen LogP contribution in [0.3, 0.4) is 0 Å². The maximum absolute atomic E-state index is 14.1. The summed E-state index contributed by atoms with van der Waals surface area (Å²) in [5, 5.41) is 9.28. The van der Waals surface area contributed by atoms with Gasteiger partial charge >= 0.3 is 0 Å². The van der Waals surface area contributed by atoms with Gasteiger partial charge in [-0.15, -0.1) is 0 Å². The van der Waals surface area contributed by atoms with Gasteiger partial charge in [0.05, 0.1) is 26.5 Å². The van der Waals surface area contributed by atoms with Crippen molar-refractivity contribution in [2.75, 3.05) is 18.6 Å². The molecular formula is C37H42N4O5. The number of ether oxygens (including phenoxy) is 1. The number of amides is 3. The molecule has 1 atom stereocenters. The molecule has 9 heteroatoms. The number of methoxy groups -OCH3 is 1. The van der Waals surface area contributed by atoms with E-state index < -0.39 is 11.6 Å². The summed E-state index contributed by atoms with van der Waals surface area (Å²) in [5.41, 5.74) is 4.55. The monoisotopic (exact) mass is 622 g/mol. The number of rotatable bonds is 12. The van der Waals surface area contributed by atoms with Crippen molar-refractivity contribution >= 4 is 23.4 Å². The zero-order valence-corrected chi connectivity index (χ0v) is 26.9. The molecular weight excluding hydrogens is 580 g/mol. The molecule has 2 heterocycles. The first-order chi connectivity index (χ1) is 22.2. The van der Waals surface area contributed by atoms with Crippen molar-refractivity contribution in [2.45, 2.75) is 64.7 Å². The van der Waals surface area contributed by atoms with Crippen LogP contribution in [0.2, 0.25) is 0 Å². The quantitative estimate of drug-likeness (QED) is 0.189. The van der Waals surface area contributed by atoms with E-state index in [0.717, 1.165) is 33.7 Å². The van der Waals surface area contributed by atoms with Crippen LogP contribution in [0.5, 0.6) is 5.75 Å². The second-order valence-corrected chi connectivity index (χ2v) is 12.2. The van der Waals surface area contributed by atoms with Crippen LogP contribution in [-0.4, -0.2) is 43.0 Å². The van der Waals surface area contributed by atoms with Crippen LogP contribution in [0.1, 0.15) is 60.9 Å². The maximum atomic E-state index is 14.1. The number of carbonyl (C=O) groups is 3. The highest BCUT2D eigenvalue weighted by atomic mass is 16.5. The Labute approximate surface area is 270 Å². The summed E-state index contributed by atoms with van der Waals surface area (Å²) in [4.78, 5) is 41.8. The normalized spacial score (nSPS) is 14.7. The zero-order chi connectivity index (χ0) is 32.7. The molecule has 3 N–H and O–H groups in total. The molecule has 1 aromatic heterocycles. The van der Waals surface area contributed by atoms with E-state index in [9.17, 15) is 14.4 Å². The van der Waals surface area contributed by atoms with E-state index in [1.54, 1.807) is 18.3 Å². The number of nitrogens with zero attached hydrogens (tertiary/aromatic N) is 1. The smallest absolute Gasteiger partial charge is 0.251 e. The number of nitrogens with one attached hydrogen (secondary N) is 3. The molecule has 1 aliphatic heterocycles. The van der Waals surface area contributed by atoms with Gasteiger partial charge in [-0.2, -0.15) is 0 Å². The summed E-state index contributed by atoms with van der Waals surface area (Å²) in [6, 6.07) is 24.2. The lowest BCUT2D eigenvalue weighted by Gasteiger charge is -2.29. The number of carbonyl (C=O) groups excluding carboxylic acids is 3. The first-order valence-electron chi connectivity index (χ1n) is 15.7. The molecule has 3 aromatic carbocycles. The van der Waals surface area contributed by atoms with Crippen molar-refractivity contribution in [3.8, 4) is 16.9 Å². The van der Waals surface area contributed by atoms with Gasteiger partial charge < -0.3 is 30.0 Å². The van der Waals surface area contributed by atoms with Gasteiger partial charge in [0.25, 0.3) is 5.91 Å². The molecule has 240 valence electrons. The number of anilines is 1. The predicted octanol–water partition coefficient (Wildman–Crippen LogP) is 5.63. The SMILES string of the molecule is CCNC(=O)c1ccccc1-c1ccc(CN2C(=O)[C@H](NC(=O)CC(C)(C)NCc3ccco3)CCc3cc(OC)ccc32)cc1. The number of fused-ring (bicyclic) bond motifs is 1. The highest BCUT2D eigenvalue weighted by Crippen LogP contribution is 2.32. The van der Waals surface area contributed by atoms with E-state index in [-0.39, 0.29) is 24.1 Å². The molecule has 0 unspecified atom stereocenters. The zero-order valence-electron chi connectivity index (χ0n) is 26.9. The van der Waals surface area contributed by atoms with Crippen molar-refractivity contribution in [1.82, 2.24) is 16.0 Å². The average Bonchev–Trinajstić information content (AvgIpc) is 3.55. The fourth-order valence-corrected chi connectivity index (χ4v) is 5.79. The Morgan fingerprint density at radius 1 is 1.02 bits per heavy atom. The van der Waals surface area contributed by atoms with Crippen molar-refractivity contribution in [3.63, 3.8) is 0 Å². The second kappa shape index (κ2) is 14.5. The van der Waals surface area contributed by atoms with Crippen LogP contribution in [0.25, 0.3) is 11.1 Å². The van der Waals surface area contributed by atoms with E-state index in [2.05, 4.69) is 16.0 Å². The molecule has 46 heavy (non-hydrogen) atoms. The molecule has 5 rings (SSSR count). The lowest BCUT2D eigenvalue weighted by atomic mass is 9.98. The van der Waals surface area contributed by atoms with Gasteiger partial charge in [0.1, 0.15) is 17.6 Å². The molecule has 3 amide bonds. The van der Waals surface area contributed by atoms with Gasteiger partial charge in [0.15, 0.2) is 0 Å². The summed E-state index contributed by atoms with van der Waals surface area (Å²) in [5.74, 6) is 1.02. The minimum atomic E-state index is -0.685. The number of hydrogen-bond acceptors (Lipinski definition) is 6. The summed E-state index contributed by atoms with van der Waals surface area (Å²) in [6.45, 7) is 7.17. The Hall–Kier alpha value is -4.89. The third kappa shape index (κ3) is 7.84. The van der Waals surface area contributed by atoms with E-state index in [0.29, 0.717) is 43.8 Å². The third-order valence-electron chi connectivity index (χ3n) is 8.22. The highest BCUT2D eigenvalue weighted by Gasteiger charge is 2.33. The highest BCUT2D eigenvalue weighted by molar-refractivity contribution is 6.01. The van der Waals surface area contributed by atoms with Crippen LogP contribution < -0.4 is 25.6 Å². The van der Waals surface area contributed by atoms with E-state index >= 15 is 0 Å². The Morgan fingerprint density at radius 3 is 2.52 bits per heavy atom. The Kier molecular flexibility index (Phi) is 10.2. The van der Waals surface area contributed by atoms with Crippen molar-refractivity contribution < 1.29 is 23.5 Å². The minimum Gasteiger partial charge on any atom is -0.497 e. The van der Waals surface area contributed by atoms with Crippen molar-refractivity contribution in [1.29, 1.82) is 0 Å². The van der Waals surface area contributed by atoms with Crippen LogP contribution in [0.15, 0.2) is 89.5 Å². The third-order valence-corrected chi connectivity index (χ3v) is 8.22. The van der Waals surface area contributed by atoms with Crippen molar-refractivity contribution in [2.24, 2.45) is 0 Å². The summed E-state index contributed by atoms with van der Waals surface area (Å²) < 4.78 is 10.9. The molecule has 9 nitrogen and oxygen atoms in total. The molecule has 0 radical (unpaired) electrons. The average molecular weight is 623 g/mol. The fourth-order valence-electron chi connectivity index (χ4n) is 5.79. The molecule has 0 saturated heterocycles. The Morgan fingerprint density at radius 2 is 1.80 bits per heavy atom. The van der Waals surface area contributed by atoms with E-state index in [1.165, 1.54) is 0 Å². The summed E-state index contributed by atoms with van der Waals surface area (Å²) >= 11 is 0. The van der Waals surface area contributed by atoms with Gasteiger partial charge in [-0.25, -0.2) is 0 Å². The van der Waals surface area contributed by atoms with Crippen LogP contribution in [0.4, 0.5) is 5.69 Å². The standard InChI is InChI=1S/C37H42N4O5/c1-5-38-35(43)31-11-7-6-10-30(31)26-14-12-25(13-15-26)24-41-33-19-17-28(45-4)21-27(33)16-18-32(36(41)44)40-34(42)22-37(2,3)39-23-29-9-8-20-46-29/h6-15,17,19-21,32,39H,5,16,18,22-24H2,1-4H3,(H,38,43)(H,40,42)/t32-/m1/s1. The second-order valence-electron chi connectivity index (χ2n) is 12.2. The minimum absolute atomic E-state index is 0.117. The number of hydrogen-bond donors (Lipinski definition) is 3. The summed E-state index contributed by atoms with van der Waals surface area (Å²) in [6.07, 6.45) is 2.89. The van der Waals surface area contributed by atoms with Crippen LogP contribution in [-0.2, 0) is 29.1 Å². The van der Waals surface area contributed by atoms with Gasteiger partial charge in [-0.3, -0.25) is 14.4 Å². The van der Waals surface area contributed by atoms with Crippen molar-refractivity contribution in [3.05, 3.63) is 108 Å².